The van der Waals surface area contributed by atoms with E-state index in [-0.39, 0.29) is 15.9 Å². The number of hydrogen-bond acceptors (Lipinski definition) is 6. The Morgan fingerprint density at radius 2 is 1.31 bits per heavy atom. The summed E-state index contributed by atoms with van der Waals surface area (Å²) in [6.07, 6.45) is 0. The van der Waals surface area contributed by atoms with Crippen molar-refractivity contribution >= 4 is 31.7 Å². The number of benzene rings is 3. The van der Waals surface area contributed by atoms with Gasteiger partial charge in [0.1, 0.15) is 21.4 Å². The summed E-state index contributed by atoms with van der Waals surface area (Å²) in [5, 5.41) is 0. The summed E-state index contributed by atoms with van der Waals surface area (Å²) in [6.45, 7) is 1.58. The number of esters is 1. The Bertz CT molecular complexity index is 1300. The maximum absolute atomic E-state index is 14.4. The van der Waals surface area contributed by atoms with E-state index in [0.29, 0.717) is 0 Å². The van der Waals surface area contributed by atoms with Crippen LogP contribution in [0.25, 0.3) is 0 Å². The Hall–Kier alpha value is -3.31. The molecule has 3 aromatic carbocycles. The highest BCUT2D eigenvalue weighted by Crippen LogP contribution is 2.33. The number of sulfonamides is 2. The minimum absolute atomic E-state index is 0.0217. The number of carbonyl (C=O) groups excluding carboxylic acids is 1. The molecule has 168 valence electrons. The van der Waals surface area contributed by atoms with Gasteiger partial charge in [-0.1, -0.05) is 30.3 Å². The predicted octanol–water partition coefficient (Wildman–Crippen LogP) is 3.73. The van der Waals surface area contributed by atoms with Crippen LogP contribution in [-0.4, -0.2) is 29.4 Å². The van der Waals surface area contributed by atoms with Crippen molar-refractivity contribution in [1.82, 2.24) is 0 Å². The third-order valence-electron chi connectivity index (χ3n) is 4.23. The SMILES string of the molecule is CCOC(=O)c1cccc(N(S(=O)(=O)c2ccccc2F)S(=O)(=O)c2ccccc2F)c1. The van der Waals surface area contributed by atoms with Crippen molar-refractivity contribution in [3.8, 4) is 0 Å². The molecule has 0 saturated carbocycles. The fraction of sp³-hybridized carbons (Fsp3) is 0.0952. The first-order chi connectivity index (χ1) is 15.1. The van der Waals surface area contributed by atoms with Crippen molar-refractivity contribution in [2.24, 2.45) is 0 Å². The Morgan fingerprint density at radius 1 is 0.812 bits per heavy atom. The quantitative estimate of drug-likeness (QED) is 0.477. The molecule has 11 heteroatoms. The van der Waals surface area contributed by atoms with Crippen LogP contribution >= 0.6 is 0 Å². The number of rotatable bonds is 7. The summed E-state index contributed by atoms with van der Waals surface area (Å²) in [4.78, 5) is 10.2. The molecule has 0 atom stereocenters. The number of anilines is 1. The lowest BCUT2D eigenvalue weighted by atomic mass is 10.2. The average molecular weight is 481 g/mol. The first kappa shape index (κ1) is 23.4. The summed E-state index contributed by atoms with van der Waals surface area (Å²) in [7, 11) is -10.2. The zero-order valence-electron chi connectivity index (χ0n) is 16.6. The maximum atomic E-state index is 14.4. The van der Waals surface area contributed by atoms with Gasteiger partial charge < -0.3 is 4.74 Å². The van der Waals surface area contributed by atoms with Gasteiger partial charge in [-0.2, -0.15) is 20.5 Å². The molecular formula is C21H17F2NO6S2. The van der Waals surface area contributed by atoms with Gasteiger partial charge in [-0.05, 0) is 49.4 Å². The van der Waals surface area contributed by atoms with Crippen LogP contribution in [-0.2, 0) is 24.8 Å². The number of carbonyl (C=O) groups is 1. The van der Waals surface area contributed by atoms with Crippen LogP contribution in [0.3, 0.4) is 0 Å². The molecule has 0 fully saturated rings. The lowest BCUT2D eigenvalue weighted by Gasteiger charge is -2.24. The van der Waals surface area contributed by atoms with Gasteiger partial charge in [-0.3, -0.25) is 0 Å². The van der Waals surface area contributed by atoms with Crippen LogP contribution in [0, 0.1) is 11.6 Å². The van der Waals surface area contributed by atoms with Gasteiger partial charge >= 0.3 is 5.97 Å². The van der Waals surface area contributed by atoms with E-state index in [2.05, 4.69) is 0 Å². The Labute approximate surface area is 184 Å². The molecule has 0 amide bonds. The van der Waals surface area contributed by atoms with E-state index in [1.54, 1.807) is 6.92 Å². The van der Waals surface area contributed by atoms with Gasteiger partial charge in [0, 0.05) is 0 Å². The molecular weight excluding hydrogens is 464 g/mol. The number of hydrogen-bond donors (Lipinski definition) is 0. The summed E-state index contributed by atoms with van der Waals surface area (Å²) in [6, 6.07) is 12.9. The van der Waals surface area contributed by atoms with E-state index in [1.807, 2.05) is 0 Å². The molecule has 3 rings (SSSR count). The lowest BCUT2D eigenvalue weighted by Crippen LogP contribution is -2.38. The second-order valence-electron chi connectivity index (χ2n) is 6.34. The van der Waals surface area contributed by atoms with Crippen molar-refractivity contribution in [2.45, 2.75) is 16.7 Å². The van der Waals surface area contributed by atoms with Crippen molar-refractivity contribution in [3.05, 3.63) is 90.0 Å². The Kier molecular flexibility index (Phi) is 6.60. The Balaban J connectivity index is 2.31. The second-order valence-corrected chi connectivity index (χ2v) is 10.1. The molecule has 0 spiro atoms. The molecule has 3 aromatic rings. The molecule has 0 aliphatic carbocycles. The number of nitrogens with zero attached hydrogens (tertiary/aromatic N) is 1. The molecule has 0 unspecified atom stereocenters. The van der Waals surface area contributed by atoms with Gasteiger partial charge in [-0.15, -0.1) is 0 Å². The normalized spacial score (nSPS) is 11.7. The molecule has 0 aromatic heterocycles. The van der Waals surface area contributed by atoms with Gasteiger partial charge in [0.25, 0.3) is 20.0 Å². The van der Waals surface area contributed by atoms with Gasteiger partial charge in [-0.25, -0.2) is 13.6 Å². The van der Waals surface area contributed by atoms with Gasteiger partial charge in [0.2, 0.25) is 0 Å². The van der Waals surface area contributed by atoms with Crippen molar-refractivity contribution in [3.63, 3.8) is 0 Å². The van der Waals surface area contributed by atoms with Crippen LogP contribution in [0.2, 0.25) is 0 Å². The van der Waals surface area contributed by atoms with Crippen LogP contribution < -0.4 is 3.71 Å². The molecule has 7 nitrogen and oxygen atoms in total. The van der Waals surface area contributed by atoms with Crippen LogP contribution in [0.4, 0.5) is 14.5 Å². The monoisotopic (exact) mass is 481 g/mol. The molecule has 0 radical (unpaired) electrons. The molecule has 0 aliphatic heterocycles. The van der Waals surface area contributed by atoms with E-state index in [1.165, 1.54) is 36.4 Å². The van der Waals surface area contributed by atoms with Gasteiger partial charge in [0.15, 0.2) is 0 Å². The van der Waals surface area contributed by atoms with E-state index >= 15 is 0 Å². The second kappa shape index (κ2) is 9.05. The third-order valence-corrected chi connectivity index (χ3v) is 8.48. The van der Waals surface area contributed by atoms with Crippen molar-refractivity contribution in [1.29, 1.82) is 0 Å². The first-order valence-electron chi connectivity index (χ1n) is 9.17. The summed E-state index contributed by atoms with van der Waals surface area (Å²) in [5.74, 6) is -3.24. The van der Waals surface area contributed by atoms with E-state index in [0.717, 1.165) is 36.4 Å². The van der Waals surface area contributed by atoms with Crippen molar-refractivity contribution < 1.29 is 35.1 Å². The fourth-order valence-corrected chi connectivity index (χ4v) is 6.64. The highest BCUT2D eigenvalue weighted by molar-refractivity contribution is 8.10. The zero-order valence-corrected chi connectivity index (χ0v) is 18.2. The molecule has 0 bridgehead atoms. The summed E-state index contributed by atoms with van der Waals surface area (Å²) < 4.78 is 87.0. The van der Waals surface area contributed by atoms with E-state index in [4.69, 9.17) is 4.74 Å². The highest BCUT2D eigenvalue weighted by Gasteiger charge is 2.40. The standard InChI is InChI=1S/C21H17F2NO6S2/c1-2-30-21(25)15-8-7-9-16(14-15)24(31(26,27)19-12-5-3-10-17(19)22)32(28,29)20-13-6-4-11-18(20)23/h3-14H,2H2,1H3. The molecule has 32 heavy (non-hydrogen) atoms. The van der Waals surface area contributed by atoms with Crippen LogP contribution in [0.1, 0.15) is 17.3 Å². The molecule has 0 N–H and O–H groups in total. The van der Waals surface area contributed by atoms with E-state index in [9.17, 15) is 30.4 Å². The molecule has 0 heterocycles. The van der Waals surface area contributed by atoms with Gasteiger partial charge in [0.05, 0.1) is 17.9 Å². The van der Waals surface area contributed by atoms with Crippen LogP contribution in [0.5, 0.6) is 0 Å². The fourth-order valence-electron chi connectivity index (χ4n) is 2.85. The smallest absolute Gasteiger partial charge is 0.338 e. The molecule has 0 aliphatic rings. The maximum Gasteiger partial charge on any atom is 0.338 e. The average Bonchev–Trinajstić information content (AvgIpc) is 2.74. The zero-order chi connectivity index (χ0) is 23.5. The Morgan fingerprint density at radius 3 is 1.78 bits per heavy atom. The van der Waals surface area contributed by atoms with E-state index < -0.39 is 53.1 Å². The predicted molar refractivity (Wildman–Crippen MR) is 112 cm³/mol. The third kappa shape index (κ3) is 4.34. The first-order valence-corrected chi connectivity index (χ1v) is 12.1. The lowest BCUT2D eigenvalue weighted by molar-refractivity contribution is 0.0526. The summed E-state index contributed by atoms with van der Waals surface area (Å²) >= 11 is 0. The minimum atomic E-state index is -5.11. The number of ether oxygens (including phenoxy) is 1. The summed E-state index contributed by atoms with van der Waals surface area (Å²) in [5.41, 5.74) is -0.677. The minimum Gasteiger partial charge on any atom is -0.462 e. The topological polar surface area (TPSA) is 97.8 Å². The van der Waals surface area contributed by atoms with Crippen molar-refractivity contribution in [2.75, 3.05) is 10.3 Å². The van der Waals surface area contributed by atoms with Crippen LogP contribution in [0.15, 0.2) is 82.6 Å². The molecule has 0 saturated heterocycles. The highest BCUT2D eigenvalue weighted by atomic mass is 32.3. The largest absolute Gasteiger partial charge is 0.462 e. The number of halogens is 2.